The Bertz CT molecular complexity index is 337. The Labute approximate surface area is 115 Å². The average molecular weight is 268 g/mol. The Kier molecular flexibility index (Phi) is 4.25. The van der Waals surface area contributed by atoms with Crippen molar-refractivity contribution >= 4 is 23.1 Å². The van der Waals surface area contributed by atoms with E-state index in [0.717, 1.165) is 45.2 Å². The van der Waals surface area contributed by atoms with Crippen molar-refractivity contribution in [1.29, 1.82) is 0 Å². The first-order valence-electron chi connectivity index (χ1n) is 7.15. The molecule has 18 heavy (non-hydrogen) atoms. The van der Waals surface area contributed by atoms with Gasteiger partial charge in [-0.3, -0.25) is 4.79 Å². The number of carbonyl (C=O) groups excluding carboxylic acids is 1. The normalized spacial score (nSPS) is 27.8. The number of rotatable bonds is 2. The minimum atomic E-state index is -0.523. The number of carbonyl (C=O) groups is 1. The van der Waals surface area contributed by atoms with Gasteiger partial charge in [-0.2, -0.15) is 0 Å². The summed E-state index contributed by atoms with van der Waals surface area (Å²) in [6, 6.07) is 0. The van der Waals surface area contributed by atoms with Crippen LogP contribution in [0.25, 0.3) is 0 Å². The van der Waals surface area contributed by atoms with E-state index in [1.165, 1.54) is 12.8 Å². The second kappa shape index (κ2) is 5.55. The molecule has 1 atom stereocenters. The van der Waals surface area contributed by atoms with E-state index in [-0.39, 0.29) is 5.91 Å². The first kappa shape index (κ1) is 13.8. The molecule has 1 saturated carbocycles. The van der Waals surface area contributed by atoms with Crippen LogP contribution in [-0.4, -0.2) is 28.9 Å². The van der Waals surface area contributed by atoms with E-state index in [1.54, 1.807) is 0 Å². The minimum Gasteiger partial charge on any atom is -0.392 e. The zero-order valence-electron chi connectivity index (χ0n) is 11.3. The van der Waals surface area contributed by atoms with E-state index < -0.39 is 5.41 Å². The van der Waals surface area contributed by atoms with Gasteiger partial charge in [-0.25, -0.2) is 0 Å². The molecule has 0 bridgehead atoms. The predicted molar refractivity (Wildman–Crippen MR) is 77.3 cm³/mol. The van der Waals surface area contributed by atoms with Crippen LogP contribution in [0.2, 0.25) is 0 Å². The summed E-state index contributed by atoms with van der Waals surface area (Å²) < 4.78 is 0. The van der Waals surface area contributed by atoms with Crippen LogP contribution in [0.3, 0.4) is 0 Å². The highest BCUT2D eigenvalue weighted by Crippen LogP contribution is 2.39. The van der Waals surface area contributed by atoms with Gasteiger partial charge in [0.25, 0.3) is 0 Å². The summed E-state index contributed by atoms with van der Waals surface area (Å²) >= 11 is 5.23. The Morgan fingerprint density at radius 1 is 1.28 bits per heavy atom. The fraction of sp³-hybridized carbons (Fsp3) is 0.857. The molecule has 1 amide bonds. The smallest absolute Gasteiger partial charge is 0.235 e. The van der Waals surface area contributed by atoms with Crippen molar-refractivity contribution in [3.05, 3.63) is 0 Å². The van der Waals surface area contributed by atoms with E-state index >= 15 is 0 Å². The second-order valence-corrected chi connectivity index (χ2v) is 6.45. The highest BCUT2D eigenvalue weighted by atomic mass is 32.1. The first-order chi connectivity index (χ1) is 8.56. The minimum absolute atomic E-state index is 0.209. The van der Waals surface area contributed by atoms with Crippen molar-refractivity contribution in [2.45, 2.75) is 51.9 Å². The molecule has 0 aromatic rings. The van der Waals surface area contributed by atoms with E-state index in [2.05, 4.69) is 6.92 Å². The molecule has 4 heteroatoms. The number of thiocarbonyl (C=S) groups is 1. The number of likely N-dealkylation sites (tertiary alicyclic amines) is 1. The Morgan fingerprint density at radius 2 is 1.94 bits per heavy atom. The number of nitrogens with zero attached hydrogens (tertiary/aromatic N) is 1. The van der Waals surface area contributed by atoms with Crippen molar-refractivity contribution < 1.29 is 4.79 Å². The Hall–Kier alpha value is -0.640. The molecule has 2 fully saturated rings. The van der Waals surface area contributed by atoms with E-state index in [4.69, 9.17) is 18.0 Å². The van der Waals surface area contributed by atoms with Crippen molar-refractivity contribution in [2.75, 3.05) is 13.1 Å². The van der Waals surface area contributed by atoms with Crippen LogP contribution in [-0.2, 0) is 4.79 Å². The number of amides is 1. The fourth-order valence-corrected chi connectivity index (χ4v) is 3.69. The van der Waals surface area contributed by atoms with Crippen molar-refractivity contribution in [2.24, 2.45) is 17.1 Å². The standard InChI is InChI=1S/C14H24N2OS/c1-11-6-5-9-16(10-11)13(17)14(12(15)18)7-3-2-4-8-14/h11H,2-10H2,1H3,(H2,15,18). The third-order valence-corrected chi connectivity index (χ3v) is 4.92. The van der Waals surface area contributed by atoms with Gasteiger partial charge in [-0.15, -0.1) is 0 Å². The SMILES string of the molecule is CC1CCCN(C(=O)C2(C(N)=S)CCCCC2)C1. The van der Waals surface area contributed by atoms with Gasteiger partial charge in [-0.1, -0.05) is 38.4 Å². The van der Waals surface area contributed by atoms with Gasteiger partial charge in [0.1, 0.15) is 0 Å². The lowest BCUT2D eigenvalue weighted by atomic mass is 9.72. The van der Waals surface area contributed by atoms with Gasteiger partial charge in [0.05, 0.1) is 10.4 Å². The molecule has 0 aromatic heterocycles. The summed E-state index contributed by atoms with van der Waals surface area (Å²) in [6.07, 6.45) is 7.40. The molecule has 0 radical (unpaired) electrons. The van der Waals surface area contributed by atoms with Gasteiger partial charge in [0, 0.05) is 13.1 Å². The number of hydrogen-bond donors (Lipinski definition) is 1. The number of nitrogens with two attached hydrogens (primary N) is 1. The molecule has 2 N–H and O–H groups in total. The topological polar surface area (TPSA) is 46.3 Å². The fourth-order valence-electron chi connectivity index (χ4n) is 3.40. The number of piperidine rings is 1. The second-order valence-electron chi connectivity index (χ2n) is 6.01. The quantitative estimate of drug-likeness (QED) is 0.783. The molecule has 102 valence electrons. The van der Waals surface area contributed by atoms with E-state index in [1.807, 2.05) is 4.90 Å². The monoisotopic (exact) mass is 268 g/mol. The molecule has 1 aliphatic heterocycles. The lowest BCUT2D eigenvalue weighted by Gasteiger charge is -2.41. The zero-order chi connectivity index (χ0) is 13.2. The first-order valence-corrected chi connectivity index (χ1v) is 7.56. The Morgan fingerprint density at radius 3 is 2.50 bits per heavy atom. The van der Waals surface area contributed by atoms with Crippen LogP contribution in [0.1, 0.15) is 51.9 Å². The van der Waals surface area contributed by atoms with Crippen LogP contribution < -0.4 is 5.73 Å². The molecule has 1 heterocycles. The summed E-state index contributed by atoms with van der Waals surface area (Å²) in [7, 11) is 0. The van der Waals surface area contributed by atoms with Gasteiger partial charge in [0.2, 0.25) is 5.91 Å². The zero-order valence-corrected chi connectivity index (χ0v) is 12.1. The van der Waals surface area contributed by atoms with E-state index in [9.17, 15) is 4.79 Å². The molecular formula is C14H24N2OS. The summed E-state index contributed by atoms with van der Waals surface area (Å²) in [5.41, 5.74) is 5.41. The van der Waals surface area contributed by atoms with Crippen molar-refractivity contribution in [1.82, 2.24) is 4.90 Å². The molecule has 2 aliphatic rings. The lowest BCUT2D eigenvalue weighted by molar-refractivity contribution is -0.141. The predicted octanol–water partition coefficient (Wildman–Crippen LogP) is 2.48. The van der Waals surface area contributed by atoms with Gasteiger partial charge >= 0.3 is 0 Å². The van der Waals surface area contributed by atoms with E-state index in [0.29, 0.717) is 10.9 Å². The van der Waals surface area contributed by atoms with Crippen molar-refractivity contribution in [3.63, 3.8) is 0 Å². The Balaban J connectivity index is 2.15. The molecule has 1 unspecified atom stereocenters. The summed E-state index contributed by atoms with van der Waals surface area (Å²) in [5.74, 6) is 0.816. The van der Waals surface area contributed by atoms with Crippen LogP contribution in [0.5, 0.6) is 0 Å². The third kappa shape index (κ3) is 2.53. The maximum atomic E-state index is 12.8. The highest BCUT2D eigenvalue weighted by molar-refractivity contribution is 7.80. The number of hydrogen-bond acceptors (Lipinski definition) is 2. The third-order valence-electron chi connectivity index (χ3n) is 4.53. The summed E-state index contributed by atoms with van der Waals surface area (Å²) in [4.78, 5) is 15.3. The van der Waals surface area contributed by atoms with Crippen molar-refractivity contribution in [3.8, 4) is 0 Å². The molecule has 1 saturated heterocycles. The summed E-state index contributed by atoms with van der Waals surface area (Å²) in [5, 5.41) is 0. The molecule has 0 aromatic carbocycles. The molecule has 0 spiro atoms. The highest BCUT2D eigenvalue weighted by Gasteiger charge is 2.45. The molecular weight excluding hydrogens is 244 g/mol. The van der Waals surface area contributed by atoms with Crippen LogP contribution in [0.4, 0.5) is 0 Å². The molecule has 3 nitrogen and oxygen atoms in total. The average Bonchev–Trinajstić information content (AvgIpc) is 2.38. The van der Waals surface area contributed by atoms with Crippen LogP contribution >= 0.6 is 12.2 Å². The van der Waals surface area contributed by atoms with Gasteiger partial charge in [-0.05, 0) is 31.6 Å². The molecule has 2 rings (SSSR count). The summed E-state index contributed by atoms with van der Waals surface area (Å²) in [6.45, 7) is 3.98. The maximum absolute atomic E-state index is 12.8. The lowest BCUT2D eigenvalue weighted by Crippen LogP contribution is -2.53. The van der Waals surface area contributed by atoms with Crippen LogP contribution in [0, 0.1) is 11.3 Å². The molecule has 1 aliphatic carbocycles. The maximum Gasteiger partial charge on any atom is 0.235 e. The van der Waals surface area contributed by atoms with Gasteiger partial charge in [0.15, 0.2) is 0 Å². The van der Waals surface area contributed by atoms with Gasteiger partial charge < -0.3 is 10.6 Å². The van der Waals surface area contributed by atoms with Crippen LogP contribution in [0.15, 0.2) is 0 Å². The largest absolute Gasteiger partial charge is 0.392 e.